The van der Waals surface area contributed by atoms with Crippen LogP contribution in [0.15, 0.2) is 48.8 Å². The van der Waals surface area contributed by atoms with Gasteiger partial charge in [0.25, 0.3) is 0 Å². The summed E-state index contributed by atoms with van der Waals surface area (Å²) >= 11 is 0. The van der Waals surface area contributed by atoms with Gasteiger partial charge < -0.3 is 4.40 Å². The number of fused-ring (bicyclic) bond motifs is 1. The van der Waals surface area contributed by atoms with Gasteiger partial charge in [0, 0.05) is 18.0 Å². The highest BCUT2D eigenvalue weighted by Gasteiger charge is 2.04. The fourth-order valence-corrected chi connectivity index (χ4v) is 2.00. The van der Waals surface area contributed by atoms with E-state index in [2.05, 4.69) is 24.0 Å². The molecule has 0 bridgehead atoms. The van der Waals surface area contributed by atoms with Crippen LogP contribution in [-0.2, 0) is 6.42 Å². The lowest BCUT2D eigenvalue weighted by molar-refractivity contribution is 0.628. The van der Waals surface area contributed by atoms with Crippen molar-refractivity contribution in [2.45, 2.75) is 13.3 Å². The number of hydrogen-bond donors (Lipinski definition) is 0. The molecule has 0 aliphatic rings. The minimum absolute atomic E-state index is 0.226. The number of halogens is 1. The summed E-state index contributed by atoms with van der Waals surface area (Å²) in [6, 6.07) is 10.6. The van der Waals surface area contributed by atoms with Crippen LogP contribution >= 0.6 is 0 Å². The molecule has 0 saturated carbocycles. The summed E-state index contributed by atoms with van der Waals surface area (Å²) in [4.78, 5) is 4.56. The fraction of sp³-hybridized carbons (Fsp3) is 0.133. The summed E-state index contributed by atoms with van der Waals surface area (Å²) in [5.74, 6) is -0.226. The average molecular weight is 240 g/mol. The van der Waals surface area contributed by atoms with Crippen LogP contribution in [0.5, 0.6) is 0 Å². The van der Waals surface area contributed by atoms with Crippen LogP contribution in [0.3, 0.4) is 0 Å². The first-order valence-corrected chi connectivity index (χ1v) is 6.00. The molecule has 0 unspecified atom stereocenters. The highest BCUT2D eigenvalue weighted by atomic mass is 19.1. The molecular weight excluding hydrogens is 227 g/mol. The Bertz CT molecular complexity index is 683. The standard InChI is InChI=1S/C15H13FN2/c1-2-11-7-8-18-10-14(17-15(18)9-11)12-3-5-13(16)6-4-12/h3-10H,2H2,1H3. The third-order valence-electron chi connectivity index (χ3n) is 3.07. The maximum absolute atomic E-state index is 12.9. The minimum atomic E-state index is -0.226. The number of benzene rings is 1. The number of imidazole rings is 1. The van der Waals surface area contributed by atoms with Crippen molar-refractivity contribution in [3.63, 3.8) is 0 Å². The molecule has 0 saturated heterocycles. The van der Waals surface area contributed by atoms with E-state index in [1.54, 1.807) is 12.1 Å². The second kappa shape index (κ2) is 4.26. The molecule has 2 nitrogen and oxygen atoms in total. The molecule has 3 aromatic rings. The maximum Gasteiger partial charge on any atom is 0.137 e. The molecule has 0 aliphatic carbocycles. The fourth-order valence-electron chi connectivity index (χ4n) is 2.00. The van der Waals surface area contributed by atoms with Crippen LogP contribution in [-0.4, -0.2) is 9.38 Å². The molecule has 0 spiro atoms. The minimum Gasteiger partial charge on any atom is -0.306 e. The maximum atomic E-state index is 12.9. The van der Waals surface area contributed by atoms with Crippen LogP contribution in [0.4, 0.5) is 4.39 Å². The smallest absolute Gasteiger partial charge is 0.137 e. The van der Waals surface area contributed by atoms with E-state index in [4.69, 9.17) is 0 Å². The van der Waals surface area contributed by atoms with Gasteiger partial charge in [0.05, 0.1) is 5.69 Å². The van der Waals surface area contributed by atoms with Gasteiger partial charge in [-0.25, -0.2) is 9.37 Å². The van der Waals surface area contributed by atoms with E-state index in [1.807, 2.05) is 16.8 Å². The highest BCUT2D eigenvalue weighted by molar-refractivity contribution is 5.62. The molecule has 0 atom stereocenters. The topological polar surface area (TPSA) is 17.3 Å². The molecule has 2 aromatic heterocycles. The number of nitrogens with zero attached hydrogens (tertiary/aromatic N) is 2. The second-order valence-corrected chi connectivity index (χ2v) is 4.29. The molecule has 90 valence electrons. The van der Waals surface area contributed by atoms with E-state index >= 15 is 0 Å². The summed E-state index contributed by atoms with van der Waals surface area (Å²) in [5, 5.41) is 0. The van der Waals surface area contributed by atoms with E-state index in [9.17, 15) is 4.39 Å². The largest absolute Gasteiger partial charge is 0.306 e. The molecule has 0 radical (unpaired) electrons. The van der Waals surface area contributed by atoms with Crippen molar-refractivity contribution in [1.82, 2.24) is 9.38 Å². The van der Waals surface area contributed by atoms with Gasteiger partial charge in [-0.05, 0) is 48.4 Å². The van der Waals surface area contributed by atoms with Gasteiger partial charge >= 0.3 is 0 Å². The number of aryl methyl sites for hydroxylation is 1. The molecule has 3 rings (SSSR count). The van der Waals surface area contributed by atoms with Crippen LogP contribution in [0, 0.1) is 5.82 Å². The highest BCUT2D eigenvalue weighted by Crippen LogP contribution is 2.20. The normalized spacial score (nSPS) is 11.0. The van der Waals surface area contributed by atoms with Crippen molar-refractivity contribution in [1.29, 1.82) is 0 Å². The lowest BCUT2D eigenvalue weighted by Crippen LogP contribution is -1.85. The average Bonchev–Trinajstić information content (AvgIpc) is 2.82. The zero-order valence-electron chi connectivity index (χ0n) is 10.1. The van der Waals surface area contributed by atoms with Gasteiger partial charge in [0.1, 0.15) is 11.5 Å². The quantitative estimate of drug-likeness (QED) is 0.667. The number of hydrogen-bond acceptors (Lipinski definition) is 1. The van der Waals surface area contributed by atoms with Crippen LogP contribution in [0.25, 0.3) is 16.9 Å². The summed E-state index contributed by atoms with van der Waals surface area (Å²) in [7, 11) is 0. The Labute approximate surface area is 105 Å². The Kier molecular flexibility index (Phi) is 2.59. The monoisotopic (exact) mass is 240 g/mol. The Balaban J connectivity index is 2.10. The van der Waals surface area contributed by atoms with Gasteiger partial charge in [-0.2, -0.15) is 0 Å². The SMILES string of the molecule is CCc1ccn2cc(-c3ccc(F)cc3)nc2c1. The third kappa shape index (κ3) is 1.88. The van der Waals surface area contributed by atoms with Gasteiger partial charge in [0.2, 0.25) is 0 Å². The van der Waals surface area contributed by atoms with E-state index in [0.29, 0.717) is 0 Å². The van der Waals surface area contributed by atoms with Crippen molar-refractivity contribution < 1.29 is 4.39 Å². The molecular formula is C15H13FN2. The van der Waals surface area contributed by atoms with Crippen molar-refractivity contribution in [2.24, 2.45) is 0 Å². The Morgan fingerprint density at radius 2 is 1.94 bits per heavy atom. The Morgan fingerprint density at radius 1 is 1.17 bits per heavy atom. The van der Waals surface area contributed by atoms with Crippen LogP contribution < -0.4 is 0 Å². The first-order valence-electron chi connectivity index (χ1n) is 6.00. The Hall–Kier alpha value is -2.16. The number of aromatic nitrogens is 2. The zero-order chi connectivity index (χ0) is 12.5. The first kappa shape index (κ1) is 11.0. The van der Waals surface area contributed by atoms with E-state index < -0.39 is 0 Å². The Morgan fingerprint density at radius 3 is 2.67 bits per heavy atom. The van der Waals surface area contributed by atoms with Crippen molar-refractivity contribution in [2.75, 3.05) is 0 Å². The number of rotatable bonds is 2. The summed E-state index contributed by atoms with van der Waals surface area (Å²) in [5.41, 5.74) is 3.98. The van der Waals surface area contributed by atoms with Crippen molar-refractivity contribution in [3.8, 4) is 11.3 Å². The predicted octanol–water partition coefficient (Wildman–Crippen LogP) is 3.70. The van der Waals surface area contributed by atoms with Crippen LogP contribution in [0.1, 0.15) is 12.5 Å². The lowest BCUT2D eigenvalue weighted by atomic mass is 10.2. The van der Waals surface area contributed by atoms with Gasteiger partial charge in [-0.15, -0.1) is 0 Å². The zero-order valence-corrected chi connectivity index (χ0v) is 10.1. The molecule has 2 heterocycles. The number of pyridine rings is 1. The summed E-state index contributed by atoms with van der Waals surface area (Å²) in [6.07, 6.45) is 4.96. The third-order valence-corrected chi connectivity index (χ3v) is 3.07. The molecule has 0 amide bonds. The molecule has 0 N–H and O–H groups in total. The van der Waals surface area contributed by atoms with E-state index in [-0.39, 0.29) is 5.82 Å². The first-order chi connectivity index (χ1) is 8.76. The van der Waals surface area contributed by atoms with Gasteiger partial charge in [-0.3, -0.25) is 0 Å². The molecule has 0 fully saturated rings. The van der Waals surface area contributed by atoms with Crippen LogP contribution in [0.2, 0.25) is 0 Å². The lowest BCUT2D eigenvalue weighted by Gasteiger charge is -1.96. The van der Waals surface area contributed by atoms with Gasteiger partial charge in [0.15, 0.2) is 0 Å². The summed E-state index contributed by atoms with van der Waals surface area (Å²) in [6.45, 7) is 2.12. The second-order valence-electron chi connectivity index (χ2n) is 4.29. The summed E-state index contributed by atoms with van der Waals surface area (Å²) < 4.78 is 14.9. The van der Waals surface area contributed by atoms with Gasteiger partial charge in [-0.1, -0.05) is 6.92 Å². The molecule has 0 aliphatic heterocycles. The predicted molar refractivity (Wildman–Crippen MR) is 70.0 cm³/mol. The molecule has 3 heteroatoms. The molecule has 1 aromatic carbocycles. The molecule has 18 heavy (non-hydrogen) atoms. The van der Waals surface area contributed by atoms with E-state index in [0.717, 1.165) is 23.3 Å². The van der Waals surface area contributed by atoms with Crippen molar-refractivity contribution >= 4 is 5.65 Å². The van der Waals surface area contributed by atoms with E-state index in [1.165, 1.54) is 17.7 Å². The van der Waals surface area contributed by atoms with Crippen molar-refractivity contribution in [3.05, 3.63) is 60.2 Å².